The number of nitrogens with zero attached hydrogens (tertiary/aromatic N) is 3. The van der Waals surface area contributed by atoms with Crippen LogP contribution in [0.3, 0.4) is 0 Å². The third-order valence-electron chi connectivity index (χ3n) is 4.95. The summed E-state index contributed by atoms with van der Waals surface area (Å²) in [4.78, 5) is 21.1. The highest BCUT2D eigenvalue weighted by Crippen LogP contribution is 2.38. The number of rotatable bonds is 5. The van der Waals surface area contributed by atoms with Crippen LogP contribution in [0.5, 0.6) is 11.6 Å². The van der Waals surface area contributed by atoms with E-state index in [0.717, 1.165) is 17.7 Å². The summed E-state index contributed by atoms with van der Waals surface area (Å²) < 4.78 is 17.2. The van der Waals surface area contributed by atoms with Gasteiger partial charge >= 0.3 is 5.97 Å². The van der Waals surface area contributed by atoms with Gasteiger partial charge in [-0.25, -0.2) is 4.79 Å². The molecule has 0 unspecified atom stereocenters. The van der Waals surface area contributed by atoms with E-state index >= 15 is 0 Å². The first-order valence-electron chi connectivity index (χ1n) is 9.27. The van der Waals surface area contributed by atoms with Gasteiger partial charge in [0.25, 0.3) is 0 Å². The molecule has 1 saturated heterocycles. The molecule has 1 atom stereocenters. The van der Waals surface area contributed by atoms with E-state index in [0.29, 0.717) is 50.2 Å². The molecule has 1 spiro atoms. The Hall–Kier alpha value is -3.11. The third kappa shape index (κ3) is 4.33. The number of carbonyl (C=O) groups is 1. The fourth-order valence-corrected chi connectivity index (χ4v) is 3.69. The van der Waals surface area contributed by atoms with Gasteiger partial charge in [-0.15, -0.1) is 0 Å². The molecule has 0 aliphatic carbocycles. The van der Waals surface area contributed by atoms with Crippen molar-refractivity contribution in [2.24, 2.45) is 0 Å². The lowest BCUT2D eigenvalue weighted by Crippen LogP contribution is -2.48. The molecule has 2 aliphatic heterocycles. The van der Waals surface area contributed by atoms with Crippen molar-refractivity contribution in [3.8, 4) is 11.6 Å². The van der Waals surface area contributed by atoms with Gasteiger partial charge in [0.1, 0.15) is 11.6 Å². The molecule has 10 heteroatoms. The van der Waals surface area contributed by atoms with Crippen LogP contribution < -0.4 is 20.9 Å². The van der Waals surface area contributed by atoms with Gasteiger partial charge in [0, 0.05) is 26.1 Å². The van der Waals surface area contributed by atoms with Crippen molar-refractivity contribution < 1.29 is 24.1 Å². The maximum absolute atomic E-state index is 10.6. The fourth-order valence-electron chi connectivity index (χ4n) is 3.69. The Kier molecular flexibility index (Phi) is 5.12. The summed E-state index contributed by atoms with van der Waals surface area (Å²) in [6.07, 6.45) is 0.562. The summed E-state index contributed by atoms with van der Waals surface area (Å²) in [5.74, 6) is 0.383. The Morgan fingerprint density at radius 3 is 2.83 bits per heavy atom. The number of nitrogen functional groups attached to an aromatic ring is 2. The molecule has 2 aromatic rings. The van der Waals surface area contributed by atoms with Crippen LogP contribution in [-0.4, -0.2) is 64.5 Å². The number of carboxylic acids is 1. The highest BCUT2D eigenvalue weighted by Gasteiger charge is 2.44. The number of aliphatic carboxylic acids is 1. The van der Waals surface area contributed by atoms with Gasteiger partial charge in [0.15, 0.2) is 12.2 Å². The van der Waals surface area contributed by atoms with Crippen LogP contribution >= 0.6 is 0 Å². The summed E-state index contributed by atoms with van der Waals surface area (Å²) >= 11 is 0. The summed E-state index contributed by atoms with van der Waals surface area (Å²) in [6.45, 7) is 2.74. The maximum atomic E-state index is 10.6. The second-order valence-corrected chi connectivity index (χ2v) is 7.30. The number of benzene rings is 1. The minimum atomic E-state index is -1.01. The van der Waals surface area contributed by atoms with E-state index in [-0.39, 0.29) is 12.6 Å². The Labute approximate surface area is 167 Å². The molecule has 5 N–H and O–H groups in total. The topological polar surface area (TPSA) is 146 Å². The monoisotopic (exact) mass is 401 g/mol. The van der Waals surface area contributed by atoms with E-state index in [1.807, 2.05) is 12.1 Å². The van der Waals surface area contributed by atoms with Crippen LogP contribution in [0.4, 0.5) is 11.8 Å². The molecule has 1 fully saturated rings. The van der Waals surface area contributed by atoms with Crippen LogP contribution in [0.2, 0.25) is 0 Å². The van der Waals surface area contributed by atoms with Crippen molar-refractivity contribution in [3.63, 3.8) is 0 Å². The molecule has 1 aromatic heterocycles. The Morgan fingerprint density at radius 2 is 2.07 bits per heavy atom. The van der Waals surface area contributed by atoms with E-state index in [2.05, 4.69) is 14.9 Å². The Bertz CT molecular complexity index is 907. The number of nitrogens with two attached hydrogens (primary N) is 2. The van der Waals surface area contributed by atoms with Gasteiger partial charge in [-0.1, -0.05) is 12.1 Å². The molecule has 3 heterocycles. The van der Waals surface area contributed by atoms with Crippen LogP contribution in [-0.2, 0) is 22.5 Å². The van der Waals surface area contributed by atoms with Crippen molar-refractivity contribution in [2.45, 2.75) is 18.6 Å². The minimum Gasteiger partial charge on any atom is -0.482 e. The lowest BCUT2D eigenvalue weighted by molar-refractivity contribution is -0.139. The zero-order valence-corrected chi connectivity index (χ0v) is 15.8. The molecule has 4 rings (SSSR count). The first-order chi connectivity index (χ1) is 13.9. The maximum Gasteiger partial charge on any atom is 0.341 e. The molecule has 10 nitrogen and oxygen atoms in total. The normalized spacial score (nSPS) is 21.4. The quantitative estimate of drug-likeness (QED) is 0.639. The van der Waals surface area contributed by atoms with Gasteiger partial charge in [-0.2, -0.15) is 9.97 Å². The summed E-state index contributed by atoms with van der Waals surface area (Å²) in [5, 5.41) is 8.69. The van der Waals surface area contributed by atoms with Crippen LogP contribution in [0.15, 0.2) is 24.3 Å². The molecule has 0 radical (unpaired) electrons. The van der Waals surface area contributed by atoms with E-state index in [1.54, 1.807) is 12.1 Å². The highest BCUT2D eigenvalue weighted by atomic mass is 16.6. The number of hydrogen-bond acceptors (Lipinski definition) is 9. The predicted molar refractivity (Wildman–Crippen MR) is 104 cm³/mol. The molecule has 154 valence electrons. The van der Waals surface area contributed by atoms with Crippen molar-refractivity contribution in [2.75, 3.05) is 44.4 Å². The first kappa shape index (κ1) is 19.2. The minimum absolute atomic E-state index is 0.0925. The average molecular weight is 401 g/mol. The van der Waals surface area contributed by atoms with E-state index in [1.165, 1.54) is 0 Å². The number of carboxylic acid groups (broad SMARTS) is 1. The smallest absolute Gasteiger partial charge is 0.341 e. The standard InChI is InChI=1S/C19H23N5O5/c20-16-14-7-19(29-17(14)23-18(21)22-16)10-24(5-6-27-11-19)8-12-1-3-13(4-2-12)28-9-15(25)26/h1-4H,5-11H2,(H,25,26)(H4,20,21,22,23)/t19-/m0/s1. The zero-order chi connectivity index (χ0) is 20.4. The van der Waals surface area contributed by atoms with Crippen molar-refractivity contribution in [3.05, 3.63) is 35.4 Å². The predicted octanol–water partition coefficient (Wildman–Crippen LogP) is 0.311. The first-order valence-corrected chi connectivity index (χ1v) is 9.27. The number of aromatic nitrogens is 2. The second kappa shape index (κ2) is 7.72. The zero-order valence-electron chi connectivity index (χ0n) is 15.8. The van der Waals surface area contributed by atoms with E-state index in [9.17, 15) is 4.79 Å². The molecule has 1 aromatic carbocycles. The van der Waals surface area contributed by atoms with E-state index in [4.69, 9.17) is 30.8 Å². The molecule has 0 bridgehead atoms. The number of anilines is 2. The highest BCUT2D eigenvalue weighted by molar-refractivity contribution is 5.68. The van der Waals surface area contributed by atoms with Crippen LogP contribution in [0, 0.1) is 0 Å². The van der Waals surface area contributed by atoms with Crippen LogP contribution in [0.1, 0.15) is 11.1 Å². The van der Waals surface area contributed by atoms with Gasteiger partial charge in [-0.3, -0.25) is 4.90 Å². The third-order valence-corrected chi connectivity index (χ3v) is 4.95. The number of hydrogen-bond donors (Lipinski definition) is 3. The van der Waals surface area contributed by atoms with Crippen molar-refractivity contribution in [1.29, 1.82) is 0 Å². The second-order valence-electron chi connectivity index (χ2n) is 7.30. The summed E-state index contributed by atoms with van der Waals surface area (Å²) in [7, 11) is 0. The summed E-state index contributed by atoms with van der Waals surface area (Å²) in [5.41, 5.74) is 13.0. The van der Waals surface area contributed by atoms with Gasteiger partial charge in [0.05, 0.1) is 18.8 Å². The molecular formula is C19H23N5O5. The Balaban J connectivity index is 1.44. The molecule has 0 saturated carbocycles. The van der Waals surface area contributed by atoms with Gasteiger partial charge in [-0.05, 0) is 17.7 Å². The fraction of sp³-hybridized carbons (Fsp3) is 0.421. The van der Waals surface area contributed by atoms with Crippen LogP contribution in [0.25, 0.3) is 0 Å². The van der Waals surface area contributed by atoms with Gasteiger partial charge in [0.2, 0.25) is 11.8 Å². The molecule has 2 aliphatic rings. The SMILES string of the molecule is Nc1nc(N)c2c(n1)O[C@@]1(COCCN(Cc3ccc(OCC(=O)O)cc3)C1)C2. The Morgan fingerprint density at radius 1 is 1.28 bits per heavy atom. The van der Waals surface area contributed by atoms with Crippen molar-refractivity contribution >= 4 is 17.7 Å². The lowest BCUT2D eigenvalue weighted by atomic mass is 9.97. The average Bonchev–Trinajstić information content (AvgIpc) is 2.91. The lowest BCUT2D eigenvalue weighted by Gasteiger charge is -2.31. The summed E-state index contributed by atoms with van der Waals surface area (Å²) in [6, 6.07) is 7.38. The molecular weight excluding hydrogens is 378 g/mol. The number of ether oxygens (including phenoxy) is 3. The molecule has 0 amide bonds. The van der Waals surface area contributed by atoms with Gasteiger partial charge < -0.3 is 30.8 Å². The number of fused-ring (bicyclic) bond motifs is 1. The van der Waals surface area contributed by atoms with E-state index < -0.39 is 11.6 Å². The van der Waals surface area contributed by atoms with Crippen molar-refractivity contribution in [1.82, 2.24) is 14.9 Å². The molecule has 29 heavy (non-hydrogen) atoms. The largest absolute Gasteiger partial charge is 0.482 e.